The lowest BCUT2D eigenvalue weighted by Gasteiger charge is -2.16. The third-order valence-electron chi connectivity index (χ3n) is 3.07. The topological polar surface area (TPSA) is 63.0 Å². The van der Waals surface area contributed by atoms with Crippen LogP contribution in [0.5, 0.6) is 0 Å². The van der Waals surface area contributed by atoms with E-state index >= 15 is 0 Å². The number of hydrogen-bond donors (Lipinski definition) is 0. The van der Waals surface area contributed by atoms with Crippen LogP contribution in [0.15, 0.2) is 24.4 Å². The number of ether oxygens (including phenoxy) is 1. The zero-order chi connectivity index (χ0) is 12.3. The molecule has 0 radical (unpaired) electrons. The molecule has 0 saturated carbocycles. The van der Waals surface area contributed by atoms with E-state index < -0.39 is 12.0 Å². The molecule has 2 heterocycles. The molecule has 3 unspecified atom stereocenters. The normalized spacial score (nSPS) is 25.2. The van der Waals surface area contributed by atoms with Gasteiger partial charge in [-0.15, -0.1) is 0 Å². The smallest absolute Gasteiger partial charge is 0.184 e. The highest BCUT2D eigenvalue weighted by atomic mass is 16.5. The Balaban J connectivity index is 2.20. The predicted molar refractivity (Wildman–Crippen MR) is 61.1 cm³/mol. The zero-order valence-corrected chi connectivity index (χ0v) is 9.67. The Bertz CT molecular complexity index is 438. The minimum absolute atomic E-state index is 0.170. The second-order valence-corrected chi connectivity index (χ2v) is 4.28. The van der Waals surface area contributed by atoms with Crippen LogP contribution in [0.3, 0.4) is 0 Å². The molecule has 2 rings (SSSR count). The van der Waals surface area contributed by atoms with Crippen molar-refractivity contribution in [3.8, 4) is 6.07 Å². The van der Waals surface area contributed by atoms with Crippen molar-refractivity contribution in [1.29, 1.82) is 5.26 Å². The quantitative estimate of drug-likeness (QED) is 0.792. The maximum Gasteiger partial charge on any atom is 0.184 e. The van der Waals surface area contributed by atoms with E-state index in [-0.39, 0.29) is 11.7 Å². The third kappa shape index (κ3) is 2.34. The molecule has 4 heteroatoms. The fourth-order valence-electron chi connectivity index (χ4n) is 2.05. The highest BCUT2D eigenvalue weighted by Crippen LogP contribution is 2.26. The summed E-state index contributed by atoms with van der Waals surface area (Å²) in [4.78, 5) is 16.3. The first-order valence-electron chi connectivity index (χ1n) is 5.70. The summed E-state index contributed by atoms with van der Waals surface area (Å²) in [5.74, 6) is -0.806. The van der Waals surface area contributed by atoms with Gasteiger partial charge in [0.2, 0.25) is 0 Å². The van der Waals surface area contributed by atoms with Crippen LogP contribution in [0.25, 0.3) is 0 Å². The number of Topliss-reactive ketones (excluding diaryl/α,β-unsaturated/α-hetero) is 1. The van der Waals surface area contributed by atoms with Gasteiger partial charge in [0.15, 0.2) is 5.78 Å². The maximum atomic E-state index is 12.2. The van der Waals surface area contributed by atoms with E-state index in [1.807, 2.05) is 13.0 Å². The Morgan fingerprint density at radius 1 is 1.65 bits per heavy atom. The van der Waals surface area contributed by atoms with E-state index in [4.69, 9.17) is 10.00 Å². The molecule has 1 aromatic rings. The first-order valence-corrected chi connectivity index (χ1v) is 5.70. The predicted octanol–water partition coefficient (Wildman–Crippen LogP) is 1.68. The summed E-state index contributed by atoms with van der Waals surface area (Å²) in [6, 6.07) is 7.26. The molecule has 0 amide bonds. The number of aromatic nitrogens is 1. The fraction of sp³-hybridized carbons (Fsp3) is 0.462. The lowest BCUT2D eigenvalue weighted by atomic mass is 9.91. The summed E-state index contributed by atoms with van der Waals surface area (Å²) in [5, 5.41) is 9.13. The Kier molecular flexibility index (Phi) is 3.50. The third-order valence-corrected chi connectivity index (χ3v) is 3.07. The van der Waals surface area contributed by atoms with Crippen molar-refractivity contribution in [3.63, 3.8) is 0 Å². The van der Waals surface area contributed by atoms with Crippen LogP contribution in [0.4, 0.5) is 0 Å². The van der Waals surface area contributed by atoms with E-state index in [2.05, 4.69) is 4.98 Å². The number of ketones is 1. The van der Waals surface area contributed by atoms with Crippen molar-refractivity contribution >= 4 is 5.78 Å². The first-order chi connectivity index (χ1) is 8.24. The minimum Gasteiger partial charge on any atom is -0.370 e. The van der Waals surface area contributed by atoms with Gasteiger partial charge in [0.25, 0.3) is 0 Å². The lowest BCUT2D eigenvalue weighted by Crippen LogP contribution is -2.30. The van der Waals surface area contributed by atoms with Crippen LogP contribution < -0.4 is 0 Å². The van der Waals surface area contributed by atoms with Gasteiger partial charge in [-0.3, -0.25) is 9.78 Å². The van der Waals surface area contributed by atoms with E-state index in [1.165, 1.54) is 0 Å². The molecule has 17 heavy (non-hydrogen) atoms. The summed E-state index contributed by atoms with van der Waals surface area (Å²) < 4.78 is 5.40. The maximum absolute atomic E-state index is 12.2. The number of nitriles is 1. The first kappa shape index (κ1) is 11.7. The molecule has 0 N–H and O–H groups in total. The number of carbonyl (C=O) groups is 1. The molecule has 0 spiro atoms. The second-order valence-electron chi connectivity index (χ2n) is 4.28. The molecule has 0 bridgehead atoms. The highest BCUT2D eigenvalue weighted by Gasteiger charge is 2.36. The van der Waals surface area contributed by atoms with Crippen molar-refractivity contribution in [3.05, 3.63) is 30.1 Å². The van der Waals surface area contributed by atoms with Crippen LogP contribution in [0.2, 0.25) is 0 Å². The highest BCUT2D eigenvalue weighted by molar-refractivity contribution is 5.92. The summed E-state index contributed by atoms with van der Waals surface area (Å²) >= 11 is 0. The Hall–Kier alpha value is -1.73. The van der Waals surface area contributed by atoms with Gasteiger partial charge in [-0.05, 0) is 24.5 Å². The van der Waals surface area contributed by atoms with Gasteiger partial charge in [-0.2, -0.15) is 5.26 Å². The summed E-state index contributed by atoms with van der Waals surface area (Å²) in [7, 11) is 0. The Morgan fingerprint density at radius 2 is 2.47 bits per heavy atom. The number of hydrogen-bond acceptors (Lipinski definition) is 4. The molecule has 1 aliphatic rings. The summed E-state index contributed by atoms with van der Waals surface area (Å²) in [5.41, 5.74) is 0.503. The molecule has 88 valence electrons. The van der Waals surface area contributed by atoms with E-state index in [0.717, 1.165) is 6.42 Å². The average molecular weight is 230 g/mol. The number of nitrogens with zero attached hydrogens (tertiary/aromatic N) is 2. The molecular formula is C13H14N2O2. The van der Waals surface area contributed by atoms with Crippen molar-refractivity contribution in [2.75, 3.05) is 6.61 Å². The second kappa shape index (κ2) is 5.07. The van der Waals surface area contributed by atoms with Gasteiger partial charge in [-0.25, -0.2) is 0 Å². The zero-order valence-electron chi connectivity index (χ0n) is 9.67. The Labute approximate surface area is 100 Å². The summed E-state index contributed by atoms with van der Waals surface area (Å²) in [6.07, 6.45) is 2.00. The molecule has 0 aromatic carbocycles. The van der Waals surface area contributed by atoms with Crippen molar-refractivity contribution < 1.29 is 9.53 Å². The number of rotatable bonds is 3. The lowest BCUT2D eigenvalue weighted by molar-refractivity contribution is -0.129. The molecule has 1 fully saturated rings. The number of carbonyl (C=O) groups excluding carboxylic acids is 1. The molecule has 1 aromatic heterocycles. The summed E-state index contributed by atoms with van der Waals surface area (Å²) in [6.45, 7) is 2.57. The van der Waals surface area contributed by atoms with Crippen molar-refractivity contribution in [1.82, 2.24) is 4.98 Å². The van der Waals surface area contributed by atoms with Crippen LogP contribution in [-0.2, 0) is 9.53 Å². The van der Waals surface area contributed by atoms with E-state index in [0.29, 0.717) is 12.3 Å². The van der Waals surface area contributed by atoms with Gasteiger partial charge in [0.05, 0.1) is 11.8 Å². The van der Waals surface area contributed by atoms with Crippen LogP contribution in [-0.4, -0.2) is 23.5 Å². The molecule has 3 atom stereocenters. The van der Waals surface area contributed by atoms with Crippen LogP contribution in [0, 0.1) is 17.2 Å². The van der Waals surface area contributed by atoms with Crippen LogP contribution in [0.1, 0.15) is 25.0 Å². The van der Waals surface area contributed by atoms with Gasteiger partial charge in [-0.1, -0.05) is 13.0 Å². The largest absolute Gasteiger partial charge is 0.370 e. The van der Waals surface area contributed by atoms with Gasteiger partial charge < -0.3 is 4.74 Å². The van der Waals surface area contributed by atoms with Crippen molar-refractivity contribution in [2.24, 2.45) is 5.92 Å². The SMILES string of the molecule is CC1CCOC1C(=O)C(C#N)c1ccccn1. The molecule has 4 nitrogen and oxygen atoms in total. The van der Waals surface area contributed by atoms with Gasteiger partial charge in [0.1, 0.15) is 12.0 Å². The minimum atomic E-state index is -0.818. The average Bonchev–Trinajstić information content (AvgIpc) is 2.77. The number of pyridine rings is 1. The standard InChI is InChI=1S/C13H14N2O2/c1-9-5-7-17-13(9)12(16)10(8-14)11-4-2-3-6-15-11/h2-4,6,9-10,13H,5,7H2,1H3. The molecule has 1 saturated heterocycles. The van der Waals surface area contributed by atoms with Crippen LogP contribution >= 0.6 is 0 Å². The van der Waals surface area contributed by atoms with E-state index in [9.17, 15) is 4.79 Å². The van der Waals surface area contributed by atoms with Gasteiger partial charge in [0, 0.05) is 12.8 Å². The molecular weight excluding hydrogens is 216 g/mol. The van der Waals surface area contributed by atoms with Gasteiger partial charge >= 0.3 is 0 Å². The molecule has 1 aliphatic heterocycles. The fourth-order valence-corrected chi connectivity index (χ4v) is 2.05. The van der Waals surface area contributed by atoms with E-state index in [1.54, 1.807) is 24.4 Å². The monoisotopic (exact) mass is 230 g/mol. The Morgan fingerprint density at radius 3 is 3.00 bits per heavy atom. The van der Waals surface area contributed by atoms with Crippen molar-refractivity contribution in [2.45, 2.75) is 25.4 Å². The molecule has 0 aliphatic carbocycles.